The molecule has 0 radical (unpaired) electrons. The van der Waals surface area contributed by atoms with Gasteiger partial charge in [0.1, 0.15) is 6.04 Å². The summed E-state index contributed by atoms with van der Waals surface area (Å²) in [6.07, 6.45) is 0.758. The van der Waals surface area contributed by atoms with Crippen molar-refractivity contribution in [2.45, 2.75) is 25.4 Å². The fraction of sp³-hybridized carbons (Fsp3) is 0.312. The van der Waals surface area contributed by atoms with Gasteiger partial charge in [-0.3, -0.25) is 10.1 Å². The van der Waals surface area contributed by atoms with E-state index in [1.165, 1.54) is 16.3 Å². The van der Waals surface area contributed by atoms with Crippen LogP contribution in [0.5, 0.6) is 0 Å². The van der Waals surface area contributed by atoms with Crippen molar-refractivity contribution in [1.82, 2.24) is 5.32 Å². The van der Waals surface area contributed by atoms with Gasteiger partial charge in [-0.15, -0.1) is 0 Å². The lowest BCUT2D eigenvalue weighted by molar-refractivity contribution is -0.139. The maximum Gasteiger partial charge on any atom is 0.323 e. The van der Waals surface area contributed by atoms with Crippen molar-refractivity contribution in [3.63, 3.8) is 0 Å². The standard InChI is InChI=1S/C16H17NO2/c1-11(17-15-9-10-19-16(15)18)13-8-4-6-12-5-2-3-7-14(12)13/h2-8,11,15,17H,9-10H2,1H3. The van der Waals surface area contributed by atoms with Crippen molar-refractivity contribution < 1.29 is 9.53 Å². The van der Waals surface area contributed by atoms with Crippen molar-refractivity contribution in [3.05, 3.63) is 48.0 Å². The molecule has 1 heterocycles. The number of benzene rings is 2. The SMILES string of the molecule is CC(NC1CCOC1=O)c1cccc2ccccc12. The number of nitrogens with one attached hydrogen (secondary N) is 1. The van der Waals surface area contributed by atoms with E-state index >= 15 is 0 Å². The first-order valence-corrected chi connectivity index (χ1v) is 6.66. The Labute approximate surface area is 112 Å². The number of fused-ring (bicyclic) bond motifs is 1. The largest absolute Gasteiger partial charge is 0.464 e. The Kier molecular flexibility index (Phi) is 3.22. The summed E-state index contributed by atoms with van der Waals surface area (Å²) < 4.78 is 4.99. The molecule has 1 aliphatic rings. The van der Waals surface area contributed by atoms with Crippen LogP contribution in [0.3, 0.4) is 0 Å². The number of carbonyl (C=O) groups is 1. The van der Waals surface area contributed by atoms with Gasteiger partial charge in [0.2, 0.25) is 0 Å². The predicted octanol–water partition coefficient (Wildman–Crippen LogP) is 2.81. The normalized spacial score (nSPS) is 20.5. The van der Waals surface area contributed by atoms with Gasteiger partial charge in [-0.1, -0.05) is 42.5 Å². The van der Waals surface area contributed by atoms with Crippen LogP contribution in [0.2, 0.25) is 0 Å². The summed E-state index contributed by atoms with van der Waals surface area (Å²) in [4.78, 5) is 11.5. The number of hydrogen-bond donors (Lipinski definition) is 1. The minimum Gasteiger partial charge on any atom is -0.464 e. The van der Waals surface area contributed by atoms with Crippen molar-refractivity contribution in [1.29, 1.82) is 0 Å². The molecule has 98 valence electrons. The number of hydrogen-bond acceptors (Lipinski definition) is 3. The van der Waals surface area contributed by atoms with Gasteiger partial charge < -0.3 is 4.74 Å². The van der Waals surface area contributed by atoms with Crippen LogP contribution < -0.4 is 5.32 Å². The van der Waals surface area contributed by atoms with E-state index in [-0.39, 0.29) is 18.1 Å². The zero-order valence-corrected chi connectivity index (χ0v) is 10.9. The van der Waals surface area contributed by atoms with Gasteiger partial charge in [0, 0.05) is 12.5 Å². The Hall–Kier alpha value is -1.87. The molecule has 1 aliphatic heterocycles. The smallest absolute Gasteiger partial charge is 0.323 e. The van der Waals surface area contributed by atoms with E-state index in [0.29, 0.717) is 6.61 Å². The molecule has 2 atom stereocenters. The van der Waals surface area contributed by atoms with E-state index in [2.05, 4.69) is 42.6 Å². The Morgan fingerprint density at radius 3 is 2.79 bits per heavy atom. The molecular formula is C16H17NO2. The van der Waals surface area contributed by atoms with Gasteiger partial charge in [-0.25, -0.2) is 0 Å². The van der Waals surface area contributed by atoms with E-state index in [0.717, 1.165) is 6.42 Å². The fourth-order valence-electron chi connectivity index (χ4n) is 2.67. The van der Waals surface area contributed by atoms with E-state index in [1.807, 2.05) is 12.1 Å². The average Bonchev–Trinajstić information content (AvgIpc) is 2.83. The maximum atomic E-state index is 11.5. The topological polar surface area (TPSA) is 38.3 Å². The highest BCUT2D eigenvalue weighted by molar-refractivity contribution is 5.86. The fourth-order valence-corrected chi connectivity index (χ4v) is 2.67. The van der Waals surface area contributed by atoms with E-state index < -0.39 is 0 Å². The quantitative estimate of drug-likeness (QED) is 0.857. The highest BCUT2D eigenvalue weighted by Gasteiger charge is 2.27. The van der Waals surface area contributed by atoms with Crippen LogP contribution in [0.1, 0.15) is 24.9 Å². The highest BCUT2D eigenvalue weighted by atomic mass is 16.5. The molecule has 1 N–H and O–H groups in total. The summed E-state index contributed by atoms with van der Waals surface area (Å²) >= 11 is 0. The van der Waals surface area contributed by atoms with E-state index in [9.17, 15) is 4.79 Å². The first-order valence-electron chi connectivity index (χ1n) is 6.66. The van der Waals surface area contributed by atoms with Crippen LogP contribution in [0.15, 0.2) is 42.5 Å². The number of cyclic esters (lactones) is 1. The summed E-state index contributed by atoms with van der Waals surface area (Å²) in [5.41, 5.74) is 1.22. The second-order valence-corrected chi connectivity index (χ2v) is 4.97. The molecule has 3 heteroatoms. The Balaban J connectivity index is 1.89. The zero-order valence-electron chi connectivity index (χ0n) is 10.9. The summed E-state index contributed by atoms with van der Waals surface area (Å²) in [6, 6.07) is 14.5. The van der Waals surface area contributed by atoms with E-state index in [1.54, 1.807) is 0 Å². The minimum atomic E-state index is -0.172. The van der Waals surface area contributed by atoms with Crippen molar-refractivity contribution in [2.24, 2.45) is 0 Å². The molecule has 0 spiro atoms. The predicted molar refractivity (Wildman–Crippen MR) is 74.9 cm³/mol. The van der Waals surface area contributed by atoms with Crippen LogP contribution in [-0.2, 0) is 9.53 Å². The number of rotatable bonds is 3. The third kappa shape index (κ3) is 2.34. The monoisotopic (exact) mass is 255 g/mol. The number of esters is 1. The van der Waals surface area contributed by atoms with Crippen LogP contribution in [-0.4, -0.2) is 18.6 Å². The lowest BCUT2D eigenvalue weighted by atomic mass is 9.99. The third-order valence-corrected chi connectivity index (χ3v) is 3.68. The molecule has 0 aliphatic carbocycles. The van der Waals surface area contributed by atoms with Gasteiger partial charge in [-0.2, -0.15) is 0 Å². The minimum absolute atomic E-state index is 0.127. The molecule has 2 aromatic carbocycles. The molecule has 0 saturated carbocycles. The van der Waals surface area contributed by atoms with E-state index in [4.69, 9.17) is 4.74 Å². The van der Waals surface area contributed by atoms with Gasteiger partial charge in [-0.05, 0) is 23.3 Å². The zero-order chi connectivity index (χ0) is 13.2. The van der Waals surface area contributed by atoms with Crippen molar-refractivity contribution in [3.8, 4) is 0 Å². The van der Waals surface area contributed by atoms with Crippen LogP contribution in [0.4, 0.5) is 0 Å². The van der Waals surface area contributed by atoms with Crippen molar-refractivity contribution >= 4 is 16.7 Å². The van der Waals surface area contributed by atoms with Gasteiger partial charge in [0.15, 0.2) is 0 Å². The summed E-state index contributed by atoms with van der Waals surface area (Å²) in [6.45, 7) is 2.62. The Bertz CT molecular complexity index is 603. The lowest BCUT2D eigenvalue weighted by Crippen LogP contribution is -2.35. The molecule has 19 heavy (non-hydrogen) atoms. The second-order valence-electron chi connectivity index (χ2n) is 4.97. The third-order valence-electron chi connectivity index (χ3n) is 3.68. The molecule has 3 nitrogen and oxygen atoms in total. The Morgan fingerprint density at radius 1 is 1.21 bits per heavy atom. The van der Waals surface area contributed by atoms with Crippen LogP contribution in [0.25, 0.3) is 10.8 Å². The molecule has 2 aromatic rings. The first kappa shape index (κ1) is 12.2. The molecular weight excluding hydrogens is 238 g/mol. The molecule has 0 bridgehead atoms. The Morgan fingerprint density at radius 2 is 2.00 bits per heavy atom. The van der Waals surface area contributed by atoms with Crippen molar-refractivity contribution in [2.75, 3.05) is 6.61 Å². The second kappa shape index (κ2) is 5.02. The highest BCUT2D eigenvalue weighted by Crippen LogP contribution is 2.25. The summed E-state index contributed by atoms with van der Waals surface area (Å²) in [5, 5.41) is 5.82. The molecule has 0 aromatic heterocycles. The number of carbonyl (C=O) groups excluding carboxylic acids is 1. The van der Waals surface area contributed by atoms with Crippen LogP contribution in [0, 0.1) is 0 Å². The molecule has 0 amide bonds. The van der Waals surface area contributed by atoms with Gasteiger partial charge in [0.25, 0.3) is 0 Å². The van der Waals surface area contributed by atoms with Gasteiger partial charge >= 0.3 is 5.97 Å². The molecule has 1 saturated heterocycles. The summed E-state index contributed by atoms with van der Waals surface area (Å²) in [7, 11) is 0. The average molecular weight is 255 g/mol. The molecule has 1 fully saturated rings. The maximum absolute atomic E-state index is 11.5. The molecule has 3 rings (SSSR count). The van der Waals surface area contributed by atoms with Crippen LogP contribution >= 0.6 is 0 Å². The lowest BCUT2D eigenvalue weighted by Gasteiger charge is -2.19. The number of ether oxygens (including phenoxy) is 1. The molecule has 2 unspecified atom stereocenters. The summed E-state index contributed by atoms with van der Waals surface area (Å²) in [5.74, 6) is -0.132. The van der Waals surface area contributed by atoms with Gasteiger partial charge in [0.05, 0.1) is 6.61 Å². The first-order chi connectivity index (χ1) is 9.25.